The van der Waals surface area contributed by atoms with Crippen LogP contribution in [0.2, 0.25) is 0 Å². The van der Waals surface area contributed by atoms with E-state index in [0.717, 1.165) is 24.1 Å². The fourth-order valence-electron chi connectivity index (χ4n) is 2.92. The standard InChI is InChI=1S/C16H19N3O4/c20-13-3-1-2-6-19(16(13)23)9-15(22)17-11-4-5-12-10(7-11)8-14(21)18-12/h4-5,7,13,20H,1-3,6,8-9H2,(H,17,22)(H,18,21). The van der Waals surface area contributed by atoms with Gasteiger partial charge in [-0.3, -0.25) is 14.4 Å². The van der Waals surface area contributed by atoms with Crippen molar-refractivity contribution >= 4 is 29.1 Å². The lowest BCUT2D eigenvalue weighted by molar-refractivity contribution is -0.141. The Morgan fingerprint density at radius 3 is 3.00 bits per heavy atom. The molecule has 0 spiro atoms. The van der Waals surface area contributed by atoms with E-state index in [2.05, 4.69) is 10.6 Å². The van der Waals surface area contributed by atoms with Gasteiger partial charge in [-0.1, -0.05) is 0 Å². The molecule has 0 bridgehead atoms. The Kier molecular flexibility index (Phi) is 4.29. The molecular formula is C16H19N3O4. The van der Waals surface area contributed by atoms with Crippen LogP contribution in [0.25, 0.3) is 0 Å². The maximum atomic E-state index is 12.1. The van der Waals surface area contributed by atoms with Gasteiger partial charge in [0.2, 0.25) is 11.8 Å². The minimum absolute atomic E-state index is 0.0624. The number of nitrogens with one attached hydrogen (secondary N) is 2. The van der Waals surface area contributed by atoms with Crippen molar-refractivity contribution < 1.29 is 19.5 Å². The van der Waals surface area contributed by atoms with Gasteiger partial charge in [0.15, 0.2) is 0 Å². The molecule has 23 heavy (non-hydrogen) atoms. The molecule has 0 aromatic heterocycles. The number of anilines is 2. The molecule has 1 atom stereocenters. The normalized spacial score (nSPS) is 20.7. The molecular weight excluding hydrogens is 298 g/mol. The summed E-state index contributed by atoms with van der Waals surface area (Å²) in [6, 6.07) is 5.21. The topological polar surface area (TPSA) is 98.7 Å². The Morgan fingerprint density at radius 2 is 2.17 bits per heavy atom. The van der Waals surface area contributed by atoms with Gasteiger partial charge >= 0.3 is 0 Å². The highest BCUT2D eigenvalue weighted by Crippen LogP contribution is 2.26. The fraction of sp³-hybridized carbons (Fsp3) is 0.438. The number of likely N-dealkylation sites (tertiary alicyclic amines) is 1. The Bertz CT molecular complexity index is 659. The number of aliphatic hydroxyl groups is 1. The third-order valence-corrected chi connectivity index (χ3v) is 4.10. The lowest BCUT2D eigenvalue weighted by Gasteiger charge is -2.21. The number of fused-ring (bicyclic) bond motifs is 1. The molecule has 1 saturated heterocycles. The minimum Gasteiger partial charge on any atom is -0.383 e. The van der Waals surface area contributed by atoms with Crippen molar-refractivity contribution in [2.24, 2.45) is 0 Å². The van der Waals surface area contributed by atoms with Crippen LogP contribution in [0.15, 0.2) is 18.2 Å². The van der Waals surface area contributed by atoms with Crippen LogP contribution in [0.3, 0.4) is 0 Å². The number of aliphatic hydroxyl groups excluding tert-OH is 1. The summed E-state index contributed by atoms with van der Waals surface area (Å²) in [4.78, 5) is 36.8. The van der Waals surface area contributed by atoms with E-state index in [4.69, 9.17) is 0 Å². The average molecular weight is 317 g/mol. The molecule has 3 amide bonds. The molecule has 0 radical (unpaired) electrons. The Hall–Kier alpha value is -2.41. The van der Waals surface area contributed by atoms with Gasteiger partial charge in [0.05, 0.1) is 13.0 Å². The van der Waals surface area contributed by atoms with Crippen molar-refractivity contribution in [3.8, 4) is 0 Å². The lowest BCUT2D eigenvalue weighted by atomic mass is 10.1. The first-order chi connectivity index (χ1) is 11.0. The van der Waals surface area contributed by atoms with Gasteiger partial charge < -0.3 is 20.6 Å². The van der Waals surface area contributed by atoms with Crippen LogP contribution in [-0.2, 0) is 20.8 Å². The van der Waals surface area contributed by atoms with E-state index < -0.39 is 6.10 Å². The third-order valence-electron chi connectivity index (χ3n) is 4.10. The molecule has 7 heteroatoms. The highest BCUT2D eigenvalue weighted by molar-refractivity contribution is 6.00. The molecule has 1 unspecified atom stereocenters. The average Bonchev–Trinajstić information content (AvgIpc) is 2.80. The van der Waals surface area contributed by atoms with Gasteiger partial charge in [-0.15, -0.1) is 0 Å². The van der Waals surface area contributed by atoms with Crippen molar-refractivity contribution in [3.05, 3.63) is 23.8 Å². The zero-order valence-corrected chi connectivity index (χ0v) is 12.7. The number of carbonyl (C=O) groups is 3. The number of amides is 3. The molecule has 2 heterocycles. The molecule has 0 saturated carbocycles. The maximum Gasteiger partial charge on any atom is 0.251 e. The summed E-state index contributed by atoms with van der Waals surface area (Å²) in [5, 5.41) is 15.2. The quantitative estimate of drug-likeness (QED) is 0.755. The Balaban J connectivity index is 1.62. The maximum absolute atomic E-state index is 12.1. The molecule has 1 fully saturated rings. The van der Waals surface area contributed by atoms with E-state index >= 15 is 0 Å². The first kappa shape index (κ1) is 15.5. The van der Waals surface area contributed by atoms with Crippen molar-refractivity contribution in [1.29, 1.82) is 0 Å². The van der Waals surface area contributed by atoms with Crippen molar-refractivity contribution in [3.63, 3.8) is 0 Å². The largest absolute Gasteiger partial charge is 0.383 e. The molecule has 1 aromatic rings. The first-order valence-corrected chi connectivity index (χ1v) is 7.72. The summed E-state index contributed by atoms with van der Waals surface area (Å²) >= 11 is 0. The lowest BCUT2D eigenvalue weighted by Crippen LogP contribution is -2.42. The zero-order chi connectivity index (χ0) is 16.4. The molecule has 122 valence electrons. The van der Waals surface area contributed by atoms with E-state index in [9.17, 15) is 19.5 Å². The zero-order valence-electron chi connectivity index (χ0n) is 12.7. The fourth-order valence-corrected chi connectivity index (χ4v) is 2.92. The van der Waals surface area contributed by atoms with Crippen LogP contribution in [-0.4, -0.2) is 46.9 Å². The Labute approximate surface area is 133 Å². The molecule has 1 aromatic carbocycles. The summed E-state index contributed by atoms with van der Waals surface area (Å²) in [6.07, 6.45) is 1.29. The molecule has 7 nitrogen and oxygen atoms in total. The molecule has 0 aliphatic carbocycles. The number of nitrogens with zero attached hydrogens (tertiary/aromatic N) is 1. The van der Waals surface area contributed by atoms with E-state index in [1.54, 1.807) is 18.2 Å². The predicted octanol–water partition coefficient (Wildman–Crippen LogP) is 0.493. The molecule has 2 aliphatic rings. The Morgan fingerprint density at radius 1 is 1.35 bits per heavy atom. The summed E-state index contributed by atoms with van der Waals surface area (Å²) in [7, 11) is 0. The summed E-state index contributed by atoms with van der Waals surface area (Å²) < 4.78 is 0. The summed E-state index contributed by atoms with van der Waals surface area (Å²) in [5.41, 5.74) is 2.20. The third kappa shape index (κ3) is 3.50. The van der Waals surface area contributed by atoms with Crippen molar-refractivity contribution in [1.82, 2.24) is 4.90 Å². The predicted molar refractivity (Wildman–Crippen MR) is 83.8 cm³/mol. The number of benzene rings is 1. The van der Waals surface area contributed by atoms with Crippen molar-refractivity contribution in [2.45, 2.75) is 31.8 Å². The number of hydrogen-bond acceptors (Lipinski definition) is 4. The number of hydrogen-bond donors (Lipinski definition) is 3. The molecule has 3 rings (SSSR count). The second kappa shape index (κ2) is 6.37. The van der Waals surface area contributed by atoms with Crippen LogP contribution in [0.5, 0.6) is 0 Å². The first-order valence-electron chi connectivity index (χ1n) is 7.72. The van der Waals surface area contributed by atoms with E-state index in [-0.39, 0.29) is 24.3 Å². The monoisotopic (exact) mass is 317 g/mol. The van der Waals surface area contributed by atoms with Crippen LogP contribution in [0, 0.1) is 0 Å². The smallest absolute Gasteiger partial charge is 0.251 e. The van der Waals surface area contributed by atoms with E-state index in [0.29, 0.717) is 25.1 Å². The van der Waals surface area contributed by atoms with Crippen LogP contribution in [0.1, 0.15) is 24.8 Å². The highest BCUT2D eigenvalue weighted by Gasteiger charge is 2.26. The molecule has 3 N–H and O–H groups in total. The van der Waals surface area contributed by atoms with Gasteiger partial charge in [0.1, 0.15) is 6.10 Å². The number of rotatable bonds is 3. The van der Waals surface area contributed by atoms with Crippen LogP contribution < -0.4 is 10.6 Å². The molecule has 2 aliphatic heterocycles. The van der Waals surface area contributed by atoms with E-state index in [1.807, 2.05) is 0 Å². The van der Waals surface area contributed by atoms with Gasteiger partial charge in [0, 0.05) is 17.9 Å². The SMILES string of the molecule is O=C(CN1CCCCC(O)C1=O)Nc1ccc2c(c1)CC(=O)N2. The second-order valence-corrected chi connectivity index (χ2v) is 5.92. The summed E-state index contributed by atoms with van der Waals surface area (Å²) in [6.45, 7) is 0.399. The summed E-state index contributed by atoms with van der Waals surface area (Å²) in [5.74, 6) is -0.765. The van der Waals surface area contributed by atoms with Gasteiger partial charge in [-0.2, -0.15) is 0 Å². The van der Waals surface area contributed by atoms with Gasteiger partial charge in [0.25, 0.3) is 5.91 Å². The van der Waals surface area contributed by atoms with Crippen LogP contribution in [0.4, 0.5) is 11.4 Å². The van der Waals surface area contributed by atoms with Gasteiger partial charge in [-0.05, 0) is 43.0 Å². The van der Waals surface area contributed by atoms with Crippen LogP contribution >= 0.6 is 0 Å². The number of carbonyl (C=O) groups excluding carboxylic acids is 3. The second-order valence-electron chi connectivity index (χ2n) is 5.92. The van der Waals surface area contributed by atoms with Gasteiger partial charge in [-0.25, -0.2) is 0 Å². The van der Waals surface area contributed by atoms with E-state index in [1.165, 1.54) is 4.90 Å². The minimum atomic E-state index is -1.01. The van der Waals surface area contributed by atoms with Crippen molar-refractivity contribution in [2.75, 3.05) is 23.7 Å². The highest BCUT2D eigenvalue weighted by atomic mass is 16.3.